The van der Waals surface area contributed by atoms with Crippen molar-refractivity contribution in [2.75, 3.05) is 18.8 Å². The Morgan fingerprint density at radius 2 is 1.73 bits per heavy atom. The number of aromatic nitrogens is 2. The predicted octanol–water partition coefficient (Wildman–Crippen LogP) is 3.61. The molecule has 0 aliphatic rings. The van der Waals surface area contributed by atoms with Crippen LogP contribution in [0.3, 0.4) is 0 Å². The van der Waals surface area contributed by atoms with Crippen LogP contribution in [-0.4, -0.2) is 33.9 Å². The van der Waals surface area contributed by atoms with Crippen molar-refractivity contribution in [2.45, 2.75) is 47.6 Å². The number of benzene rings is 1. The first-order chi connectivity index (χ1) is 12.3. The summed E-state index contributed by atoms with van der Waals surface area (Å²) in [6.07, 6.45) is -0.437. The van der Waals surface area contributed by atoms with Gasteiger partial charge < -0.3 is 15.4 Å². The second kappa shape index (κ2) is 8.17. The summed E-state index contributed by atoms with van der Waals surface area (Å²) in [7, 11) is 0. The number of anilines is 1. The summed E-state index contributed by atoms with van der Waals surface area (Å²) in [5.41, 5.74) is 9.49. The Balaban J connectivity index is 2.49. The van der Waals surface area contributed by atoms with Crippen molar-refractivity contribution < 1.29 is 9.53 Å². The number of nitrogens with two attached hydrogens (primary N) is 1. The van der Waals surface area contributed by atoms with Gasteiger partial charge >= 0.3 is 0 Å². The van der Waals surface area contributed by atoms with Crippen molar-refractivity contribution in [1.82, 2.24) is 14.9 Å². The molecule has 1 amide bonds. The van der Waals surface area contributed by atoms with Gasteiger partial charge in [-0.25, -0.2) is 9.97 Å². The van der Waals surface area contributed by atoms with E-state index in [2.05, 4.69) is 9.97 Å². The highest BCUT2D eigenvalue weighted by Crippen LogP contribution is 2.30. The lowest BCUT2D eigenvalue weighted by Crippen LogP contribution is -2.33. The lowest BCUT2D eigenvalue weighted by molar-refractivity contribution is 0.0765. The fourth-order valence-corrected chi connectivity index (χ4v) is 3.06. The zero-order valence-electron chi connectivity index (χ0n) is 16.5. The molecule has 0 fully saturated rings. The van der Waals surface area contributed by atoms with Crippen LogP contribution in [0.2, 0.25) is 0 Å². The monoisotopic (exact) mass is 356 g/mol. The number of nitrogens with zero attached hydrogens (tertiary/aromatic N) is 3. The highest BCUT2D eigenvalue weighted by molar-refractivity contribution is 5.96. The van der Waals surface area contributed by atoms with Gasteiger partial charge in [0.1, 0.15) is 11.9 Å². The summed E-state index contributed by atoms with van der Waals surface area (Å²) < 4.78 is 6.19. The van der Waals surface area contributed by atoms with Gasteiger partial charge in [-0.1, -0.05) is 18.2 Å². The Kier molecular flexibility index (Phi) is 6.18. The molecular formula is C20H28N4O2. The molecule has 1 aromatic heterocycles. The summed E-state index contributed by atoms with van der Waals surface area (Å²) in [6, 6.07) is 5.98. The molecule has 0 aliphatic heterocycles. The van der Waals surface area contributed by atoms with Crippen LogP contribution in [0.25, 0.3) is 0 Å². The van der Waals surface area contributed by atoms with E-state index < -0.39 is 6.10 Å². The van der Waals surface area contributed by atoms with Crippen LogP contribution in [0, 0.1) is 20.8 Å². The highest BCUT2D eigenvalue weighted by Gasteiger charge is 2.26. The SMILES string of the molecule is CCN(CC)C(=O)c1c(C)nc(N)nc1C(C)Oc1c(C)cccc1C. The second-order valence-corrected chi connectivity index (χ2v) is 6.39. The molecule has 0 aliphatic carbocycles. The molecule has 0 saturated carbocycles. The average molecular weight is 356 g/mol. The number of ether oxygens (including phenoxy) is 1. The number of amides is 1. The largest absolute Gasteiger partial charge is 0.484 e. The first kappa shape index (κ1) is 19.7. The van der Waals surface area contributed by atoms with Gasteiger partial charge in [0.25, 0.3) is 5.91 Å². The highest BCUT2D eigenvalue weighted by atomic mass is 16.5. The molecule has 0 spiro atoms. The second-order valence-electron chi connectivity index (χ2n) is 6.39. The number of aryl methyl sites for hydroxylation is 3. The van der Waals surface area contributed by atoms with Crippen molar-refractivity contribution in [3.63, 3.8) is 0 Å². The van der Waals surface area contributed by atoms with Gasteiger partial charge in [-0.2, -0.15) is 0 Å². The van der Waals surface area contributed by atoms with E-state index in [4.69, 9.17) is 10.5 Å². The third-order valence-electron chi connectivity index (χ3n) is 4.49. The van der Waals surface area contributed by atoms with Gasteiger partial charge in [-0.3, -0.25) is 4.79 Å². The maximum absolute atomic E-state index is 13.0. The quantitative estimate of drug-likeness (QED) is 0.855. The van der Waals surface area contributed by atoms with Crippen LogP contribution in [0.5, 0.6) is 5.75 Å². The Bertz CT molecular complexity index is 780. The van der Waals surface area contributed by atoms with E-state index in [1.165, 1.54) is 0 Å². The molecular weight excluding hydrogens is 328 g/mol. The third-order valence-corrected chi connectivity index (χ3v) is 4.49. The van der Waals surface area contributed by atoms with Crippen molar-refractivity contribution in [3.8, 4) is 5.75 Å². The maximum Gasteiger partial charge on any atom is 0.257 e. The molecule has 0 saturated heterocycles. The molecule has 2 rings (SSSR count). The van der Waals surface area contributed by atoms with E-state index in [9.17, 15) is 4.79 Å². The number of para-hydroxylation sites is 1. The Hall–Kier alpha value is -2.63. The smallest absolute Gasteiger partial charge is 0.257 e. The van der Waals surface area contributed by atoms with E-state index in [0.29, 0.717) is 30.0 Å². The molecule has 1 atom stereocenters. The fourth-order valence-electron chi connectivity index (χ4n) is 3.06. The van der Waals surface area contributed by atoms with E-state index in [-0.39, 0.29) is 11.9 Å². The van der Waals surface area contributed by atoms with Gasteiger partial charge in [0.05, 0.1) is 17.0 Å². The summed E-state index contributed by atoms with van der Waals surface area (Å²) in [5.74, 6) is 0.848. The average Bonchev–Trinajstić information content (AvgIpc) is 2.58. The fraction of sp³-hybridized carbons (Fsp3) is 0.450. The van der Waals surface area contributed by atoms with Crippen molar-refractivity contribution in [2.24, 2.45) is 0 Å². The lowest BCUT2D eigenvalue weighted by Gasteiger charge is -2.24. The first-order valence-electron chi connectivity index (χ1n) is 8.96. The van der Waals surface area contributed by atoms with Crippen molar-refractivity contribution >= 4 is 11.9 Å². The van der Waals surface area contributed by atoms with Crippen molar-refractivity contribution in [3.05, 3.63) is 46.3 Å². The van der Waals surface area contributed by atoms with Gasteiger partial charge in [0.15, 0.2) is 0 Å². The molecule has 6 nitrogen and oxygen atoms in total. The molecule has 140 valence electrons. The number of nitrogen functional groups attached to an aromatic ring is 1. The molecule has 0 bridgehead atoms. The molecule has 0 radical (unpaired) electrons. The summed E-state index contributed by atoms with van der Waals surface area (Å²) in [5, 5.41) is 0. The Labute approximate surface area is 155 Å². The number of rotatable bonds is 6. The van der Waals surface area contributed by atoms with Crippen LogP contribution >= 0.6 is 0 Å². The van der Waals surface area contributed by atoms with Crippen LogP contribution < -0.4 is 10.5 Å². The van der Waals surface area contributed by atoms with Crippen LogP contribution in [-0.2, 0) is 0 Å². The van der Waals surface area contributed by atoms with E-state index in [1.54, 1.807) is 11.8 Å². The molecule has 2 N–H and O–H groups in total. The minimum absolute atomic E-state index is 0.0977. The van der Waals surface area contributed by atoms with Crippen LogP contribution in [0.15, 0.2) is 18.2 Å². The van der Waals surface area contributed by atoms with Crippen LogP contribution in [0.4, 0.5) is 5.95 Å². The Morgan fingerprint density at radius 1 is 1.15 bits per heavy atom. The normalized spacial score (nSPS) is 11.9. The van der Waals surface area contributed by atoms with E-state index >= 15 is 0 Å². The van der Waals surface area contributed by atoms with E-state index in [0.717, 1.165) is 16.9 Å². The summed E-state index contributed by atoms with van der Waals surface area (Å²) >= 11 is 0. The molecule has 1 unspecified atom stereocenters. The topological polar surface area (TPSA) is 81.3 Å². The van der Waals surface area contributed by atoms with Gasteiger partial charge in [0, 0.05) is 13.1 Å². The third kappa shape index (κ3) is 3.95. The summed E-state index contributed by atoms with van der Waals surface area (Å²) in [4.78, 5) is 23.3. The summed E-state index contributed by atoms with van der Waals surface area (Å²) in [6.45, 7) is 12.8. The number of hydrogen-bond acceptors (Lipinski definition) is 5. The van der Waals surface area contributed by atoms with Crippen LogP contribution in [0.1, 0.15) is 59.7 Å². The lowest BCUT2D eigenvalue weighted by atomic mass is 10.1. The Morgan fingerprint density at radius 3 is 2.27 bits per heavy atom. The van der Waals surface area contributed by atoms with Gasteiger partial charge in [0.2, 0.25) is 5.95 Å². The zero-order chi connectivity index (χ0) is 19.4. The van der Waals surface area contributed by atoms with E-state index in [1.807, 2.05) is 52.8 Å². The molecule has 1 aromatic carbocycles. The zero-order valence-corrected chi connectivity index (χ0v) is 16.5. The molecule has 6 heteroatoms. The van der Waals surface area contributed by atoms with Gasteiger partial charge in [-0.05, 0) is 52.7 Å². The molecule has 2 aromatic rings. The maximum atomic E-state index is 13.0. The number of carbonyl (C=O) groups excluding carboxylic acids is 1. The molecule has 1 heterocycles. The number of carbonyl (C=O) groups is 1. The minimum Gasteiger partial charge on any atom is -0.484 e. The number of hydrogen-bond donors (Lipinski definition) is 1. The predicted molar refractivity (Wildman–Crippen MR) is 103 cm³/mol. The van der Waals surface area contributed by atoms with Gasteiger partial charge in [-0.15, -0.1) is 0 Å². The first-order valence-corrected chi connectivity index (χ1v) is 8.96. The van der Waals surface area contributed by atoms with Crippen molar-refractivity contribution in [1.29, 1.82) is 0 Å². The minimum atomic E-state index is -0.437. The standard InChI is InChI=1S/C20H28N4O2/c1-7-24(8-2)19(25)16-14(5)22-20(21)23-17(16)15(6)26-18-12(3)10-9-11-13(18)4/h9-11,15H,7-8H2,1-6H3,(H2,21,22,23). The molecule has 26 heavy (non-hydrogen) atoms.